The van der Waals surface area contributed by atoms with E-state index in [0.717, 1.165) is 25.9 Å². The molecule has 9 heteroatoms. The minimum atomic E-state index is -3.53. The fraction of sp³-hybridized carbons (Fsp3) is 0.500. The Hall–Kier alpha value is -0.670. The molecule has 0 radical (unpaired) electrons. The monoisotopic (exact) mass is 425 g/mol. The molecule has 0 saturated carbocycles. The van der Waals surface area contributed by atoms with E-state index in [1.165, 1.54) is 19.1 Å². The Kier molecular flexibility index (Phi) is 7.96. The van der Waals surface area contributed by atoms with Gasteiger partial charge in [0, 0.05) is 17.9 Å². The molecule has 1 fully saturated rings. The lowest BCUT2D eigenvalue weighted by Gasteiger charge is -2.11. The van der Waals surface area contributed by atoms with Crippen LogP contribution in [0.15, 0.2) is 27.6 Å². The van der Waals surface area contributed by atoms with Gasteiger partial charge < -0.3 is 10.6 Å². The average Bonchev–Trinajstić information content (AvgIpc) is 2.93. The molecule has 1 aromatic rings. The highest BCUT2D eigenvalue weighted by Crippen LogP contribution is 2.25. The van der Waals surface area contributed by atoms with Gasteiger partial charge in [-0.2, -0.15) is 0 Å². The summed E-state index contributed by atoms with van der Waals surface area (Å²) in [6.07, 6.45) is 1.93. The normalized spacial score (nSPS) is 17.6. The molecule has 23 heavy (non-hydrogen) atoms. The van der Waals surface area contributed by atoms with Gasteiger partial charge in [-0.3, -0.25) is 4.79 Å². The third-order valence-corrected chi connectivity index (χ3v) is 5.68. The molecule has 1 aliphatic rings. The second-order valence-electron chi connectivity index (χ2n) is 5.37. The van der Waals surface area contributed by atoms with E-state index in [1.807, 2.05) is 0 Å². The molecule has 1 aromatic carbocycles. The average molecular weight is 427 g/mol. The molecule has 1 saturated heterocycles. The number of benzene rings is 1. The van der Waals surface area contributed by atoms with Crippen molar-refractivity contribution in [2.75, 3.05) is 25.0 Å². The van der Waals surface area contributed by atoms with Crippen LogP contribution in [-0.2, 0) is 14.8 Å². The Bertz CT molecular complexity index is 649. The first-order chi connectivity index (χ1) is 10.4. The van der Waals surface area contributed by atoms with Gasteiger partial charge in [0.25, 0.3) is 0 Å². The lowest BCUT2D eigenvalue weighted by atomic mass is 10.1. The van der Waals surface area contributed by atoms with Crippen LogP contribution in [0.5, 0.6) is 0 Å². The molecular weight excluding hydrogens is 406 g/mol. The van der Waals surface area contributed by atoms with Crippen LogP contribution in [0.4, 0.5) is 5.69 Å². The highest BCUT2D eigenvalue weighted by atomic mass is 79.9. The van der Waals surface area contributed by atoms with Gasteiger partial charge in [0.2, 0.25) is 15.9 Å². The number of sulfonamides is 1. The minimum Gasteiger partial charge on any atom is -0.325 e. The van der Waals surface area contributed by atoms with Gasteiger partial charge >= 0.3 is 0 Å². The van der Waals surface area contributed by atoms with Crippen molar-refractivity contribution in [2.24, 2.45) is 5.92 Å². The van der Waals surface area contributed by atoms with E-state index in [0.29, 0.717) is 22.6 Å². The number of nitrogens with one attached hydrogen (secondary N) is 3. The molecule has 3 N–H and O–H groups in total. The van der Waals surface area contributed by atoms with Crippen molar-refractivity contribution in [3.05, 3.63) is 22.7 Å². The van der Waals surface area contributed by atoms with E-state index in [1.54, 1.807) is 6.07 Å². The second kappa shape index (κ2) is 8.98. The summed E-state index contributed by atoms with van der Waals surface area (Å²) in [6, 6.07) is 4.54. The summed E-state index contributed by atoms with van der Waals surface area (Å²) < 4.78 is 27.7. The van der Waals surface area contributed by atoms with Crippen LogP contribution in [0.2, 0.25) is 0 Å². The number of carbonyl (C=O) groups is 1. The van der Waals surface area contributed by atoms with Crippen LogP contribution >= 0.6 is 28.3 Å². The van der Waals surface area contributed by atoms with Crippen molar-refractivity contribution in [1.29, 1.82) is 0 Å². The third kappa shape index (κ3) is 6.04. The maximum atomic E-state index is 12.3. The third-order valence-electron chi connectivity index (χ3n) is 3.57. The predicted octanol–water partition coefficient (Wildman–Crippen LogP) is 2.11. The summed E-state index contributed by atoms with van der Waals surface area (Å²) in [6.45, 7) is 3.80. The fourth-order valence-corrected chi connectivity index (χ4v) is 4.10. The first-order valence-corrected chi connectivity index (χ1v) is 9.43. The Morgan fingerprint density at radius 1 is 1.43 bits per heavy atom. The molecular formula is C14H21BrClN3O3S. The lowest BCUT2D eigenvalue weighted by molar-refractivity contribution is -0.114. The van der Waals surface area contributed by atoms with Crippen LogP contribution in [0.1, 0.15) is 19.8 Å². The van der Waals surface area contributed by atoms with Gasteiger partial charge in [-0.05, 0) is 66.0 Å². The number of amides is 1. The van der Waals surface area contributed by atoms with Crippen LogP contribution in [-0.4, -0.2) is 34.0 Å². The standard InChI is InChI=1S/C14H20BrN3O3S.ClH/c1-10(19)18-14-3-2-12(8-13(14)15)22(20,21)17-7-5-11-4-6-16-9-11;/h2-3,8,11,16-17H,4-7,9H2,1H3,(H,18,19);1H. The largest absolute Gasteiger partial charge is 0.325 e. The Morgan fingerprint density at radius 3 is 2.74 bits per heavy atom. The van der Waals surface area contributed by atoms with E-state index in [-0.39, 0.29) is 23.2 Å². The van der Waals surface area contributed by atoms with Gasteiger partial charge in [0.15, 0.2) is 0 Å². The summed E-state index contributed by atoms with van der Waals surface area (Å²) in [4.78, 5) is 11.2. The summed E-state index contributed by atoms with van der Waals surface area (Å²) in [5.41, 5.74) is 0.545. The number of carbonyl (C=O) groups excluding carboxylic acids is 1. The maximum Gasteiger partial charge on any atom is 0.240 e. The van der Waals surface area contributed by atoms with Crippen LogP contribution < -0.4 is 15.4 Å². The Balaban J connectivity index is 0.00000264. The van der Waals surface area contributed by atoms with Crippen molar-refractivity contribution < 1.29 is 13.2 Å². The molecule has 0 aromatic heterocycles. The number of halogens is 2. The fourth-order valence-electron chi connectivity index (χ4n) is 2.40. The Labute approximate surface area is 151 Å². The molecule has 0 aliphatic carbocycles. The molecule has 6 nitrogen and oxygen atoms in total. The van der Waals surface area contributed by atoms with E-state index in [2.05, 4.69) is 31.3 Å². The number of anilines is 1. The van der Waals surface area contributed by atoms with Crippen molar-refractivity contribution >= 4 is 50.0 Å². The molecule has 1 heterocycles. The topological polar surface area (TPSA) is 87.3 Å². The first-order valence-electron chi connectivity index (χ1n) is 7.16. The number of hydrogen-bond donors (Lipinski definition) is 3. The summed E-state index contributed by atoms with van der Waals surface area (Å²) in [7, 11) is -3.53. The van der Waals surface area contributed by atoms with E-state index >= 15 is 0 Å². The molecule has 1 aliphatic heterocycles. The van der Waals surface area contributed by atoms with Gasteiger partial charge in [-0.15, -0.1) is 12.4 Å². The van der Waals surface area contributed by atoms with Crippen molar-refractivity contribution in [3.63, 3.8) is 0 Å². The Morgan fingerprint density at radius 2 is 2.17 bits per heavy atom. The zero-order valence-electron chi connectivity index (χ0n) is 12.8. The van der Waals surface area contributed by atoms with Gasteiger partial charge in [-0.25, -0.2) is 13.1 Å². The highest BCUT2D eigenvalue weighted by molar-refractivity contribution is 9.10. The summed E-state index contributed by atoms with van der Waals surface area (Å²) in [5.74, 6) is 0.330. The molecule has 1 unspecified atom stereocenters. The quantitative estimate of drug-likeness (QED) is 0.650. The predicted molar refractivity (Wildman–Crippen MR) is 96.5 cm³/mol. The summed E-state index contributed by atoms with van der Waals surface area (Å²) in [5, 5.41) is 5.89. The minimum absolute atomic E-state index is 0. The molecule has 1 atom stereocenters. The SMILES string of the molecule is CC(=O)Nc1ccc(S(=O)(=O)NCCC2CCNC2)cc1Br.Cl. The van der Waals surface area contributed by atoms with Crippen LogP contribution in [0, 0.1) is 5.92 Å². The van der Waals surface area contributed by atoms with Crippen molar-refractivity contribution in [2.45, 2.75) is 24.7 Å². The molecule has 130 valence electrons. The number of rotatable bonds is 6. The van der Waals surface area contributed by atoms with E-state index < -0.39 is 10.0 Å². The maximum absolute atomic E-state index is 12.3. The van der Waals surface area contributed by atoms with Gasteiger partial charge in [0.05, 0.1) is 10.6 Å². The molecule has 0 spiro atoms. The number of hydrogen-bond acceptors (Lipinski definition) is 4. The van der Waals surface area contributed by atoms with E-state index in [4.69, 9.17) is 0 Å². The van der Waals surface area contributed by atoms with Gasteiger partial charge in [-0.1, -0.05) is 0 Å². The molecule has 1 amide bonds. The van der Waals surface area contributed by atoms with Crippen LogP contribution in [0.3, 0.4) is 0 Å². The second-order valence-corrected chi connectivity index (χ2v) is 7.99. The van der Waals surface area contributed by atoms with Gasteiger partial charge in [0.1, 0.15) is 0 Å². The molecule has 0 bridgehead atoms. The van der Waals surface area contributed by atoms with Crippen molar-refractivity contribution in [3.8, 4) is 0 Å². The smallest absolute Gasteiger partial charge is 0.240 e. The highest BCUT2D eigenvalue weighted by Gasteiger charge is 2.18. The van der Waals surface area contributed by atoms with Crippen molar-refractivity contribution in [1.82, 2.24) is 10.0 Å². The zero-order valence-corrected chi connectivity index (χ0v) is 16.0. The molecule has 2 rings (SSSR count). The zero-order chi connectivity index (χ0) is 16.2. The van der Waals surface area contributed by atoms with E-state index in [9.17, 15) is 13.2 Å². The summed E-state index contributed by atoms with van der Waals surface area (Å²) >= 11 is 3.27. The van der Waals surface area contributed by atoms with Crippen LogP contribution in [0.25, 0.3) is 0 Å². The lowest BCUT2D eigenvalue weighted by Crippen LogP contribution is -2.26. The first kappa shape index (κ1) is 20.4.